The molecule has 8 nitrogen and oxygen atoms in total. The maximum absolute atomic E-state index is 14.1. The summed E-state index contributed by atoms with van der Waals surface area (Å²) in [6.07, 6.45) is 4.77. The number of ether oxygens (including phenoxy) is 3. The molecule has 1 aromatic rings. The van der Waals surface area contributed by atoms with Gasteiger partial charge in [-0.25, -0.2) is 9.18 Å². The highest BCUT2D eigenvalue weighted by Crippen LogP contribution is 2.34. The first-order chi connectivity index (χ1) is 17.4. The molecule has 202 valence electrons. The minimum atomic E-state index is -0.549. The van der Waals surface area contributed by atoms with Crippen LogP contribution in [0.5, 0.6) is 0 Å². The van der Waals surface area contributed by atoms with Crippen LogP contribution in [0.2, 0.25) is 5.02 Å². The molecule has 3 rings (SSSR count). The van der Waals surface area contributed by atoms with E-state index in [1.54, 1.807) is 6.07 Å². The van der Waals surface area contributed by atoms with Crippen LogP contribution in [0.4, 0.5) is 9.18 Å². The lowest BCUT2D eigenvalue weighted by atomic mass is 9.88. The molecule has 0 aliphatic carbocycles. The highest BCUT2D eigenvalue weighted by Gasteiger charge is 2.32. The SMILES string of the molecule is COC(=O)NCCO[C@@H](c1cc(F)cc(Cl)c1)[C@@H]1CCCN(C(=O)CC[C@@H](N)C[C@H]2CCCOC2)C1. The standard InChI is InChI=1S/C26H39ClFN3O5/c1-34-26(33)30-8-11-36-25(20-13-21(27)15-22(28)14-20)19-5-2-9-31(16-19)24(32)7-6-23(29)12-18-4-3-10-35-17-18/h13-15,18-19,23,25H,2-12,16-17,29H2,1H3,(H,30,33)/t18-,19-,23-,25-/m1/s1. The van der Waals surface area contributed by atoms with Gasteiger partial charge in [0.15, 0.2) is 0 Å². The Balaban J connectivity index is 1.57. The summed E-state index contributed by atoms with van der Waals surface area (Å²) >= 11 is 6.12. The van der Waals surface area contributed by atoms with Crippen LogP contribution in [0, 0.1) is 17.7 Å². The van der Waals surface area contributed by atoms with Gasteiger partial charge in [-0.3, -0.25) is 4.79 Å². The Labute approximate surface area is 218 Å². The zero-order valence-corrected chi connectivity index (χ0v) is 21.8. The number of piperidine rings is 1. The van der Waals surface area contributed by atoms with Crippen LogP contribution in [0.3, 0.4) is 0 Å². The lowest BCUT2D eigenvalue weighted by molar-refractivity contribution is -0.134. The maximum Gasteiger partial charge on any atom is 0.406 e. The first-order valence-corrected chi connectivity index (χ1v) is 13.2. The average Bonchev–Trinajstić information content (AvgIpc) is 2.87. The molecule has 2 heterocycles. The van der Waals surface area contributed by atoms with E-state index in [-0.39, 0.29) is 36.0 Å². The van der Waals surface area contributed by atoms with Gasteiger partial charge in [0.05, 0.1) is 19.8 Å². The Morgan fingerprint density at radius 1 is 1.31 bits per heavy atom. The minimum Gasteiger partial charge on any atom is -0.453 e. The summed E-state index contributed by atoms with van der Waals surface area (Å²) in [6.45, 7) is 3.23. The van der Waals surface area contributed by atoms with Crippen molar-refractivity contribution in [1.82, 2.24) is 10.2 Å². The summed E-state index contributed by atoms with van der Waals surface area (Å²) in [5.74, 6) is 0.0814. The van der Waals surface area contributed by atoms with Crippen molar-refractivity contribution in [3.8, 4) is 0 Å². The number of alkyl carbamates (subject to hydrolysis) is 1. The second-order valence-corrected chi connectivity index (χ2v) is 10.2. The second-order valence-electron chi connectivity index (χ2n) is 9.77. The van der Waals surface area contributed by atoms with Crippen molar-refractivity contribution in [2.75, 3.05) is 46.6 Å². The molecule has 0 bridgehead atoms. The third-order valence-corrected chi connectivity index (χ3v) is 7.14. The number of benzene rings is 1. The van der Waals surface area contributed by atoms with E-state index in [1.165, 1.54) is 19.2 Å². The van der Waals surface area contributed by atoms with E-state index in [1.807, 2.05) is 4.90 Å². The molecule has 1 aromatic carbocycles. The van der Waals surface area contributed by atoms with E-state index in [0.717, 1.165) is 45.3 Å². The normalized spacial score (nSPS) is 22.1. The van der Waals surface area contributed by atoms with Crippen LogP contribution in [0.25, 0.3) is 0 Å². The number of carbonyl (C=O) groups excluding carboxylic acids is 2. The van der Waals surface area contributed by atoms with Crippen molar-refractivity contribution in [3.05, 3.63) is 34.6 Å². The molecular formula is C26H39ClFN3O5. The third kappa shape index (κ3) is 9.18. The Hall–Kier alpha value is -1.94. The van der Waals surface area contributed by atoms with Gasteiger partial charge >= 0.3 is 6.09 Å². The van der Waals surface area contributed by atoms with Gasteiger partial charge in [-0.1, -0.05) is 11.6 Å². The first-order valence-electron chi connectivity index (χ1n) is 12.9. The van der Waals surface area contributed by atoms with Crippen LogP contribution >= 0.6 is 11.6 Å². The van der Waals surface area contributed by atoms with Gasteiger partial charge < -0.3 is 30.2 Å². The molecule has 2 saturated heterocycles. The molecule has 0 spiro atoms. The van der Waals surface area contributed by atoms with Crippen LogP contribution in [-0.2, 0) is 19.0 Å². The van der Waals surface area contributed by atoms with Crippen molar-refractivity contribution in [2.45, 2.75) is 57.1 Å². The molecule has 4 atom stereocenters. The van der Waals surface area contributed by atoms with E-state index in [2.05, 4.69) is 10.1 Å². The van der Waals surface area contributed by atoms with Crippen molar-refractivity contribution >= 4 is 23.6 Å². The fourth-order valence-corrected chi connectivity index (χ4v) is 5.38. The summed E-state index contributed by atoms with van der Waals surface area (Å²) in [5, 5.41) is 2.86. The molecule has 2 amide bonds. The largest absolute Gasteiger partial charge is 0.453 e. The quantitative estimate of drug-likeness (QED) is 0.421. The number of amides is 2. The molecule has 0 radical (unpaired) electrons. The van der Waals surface area contributed by atoms with Crippen LogP contribution < -0.4 is 11.1 Å². The number of hydrogen-bond donors (Lipinski definition) is 2. The van der Waals surface area contributed by atoms with E-state index in [4.69, 9.17) is 26.8 Å². The summed E-state index contributed by atoms with van der Waals surface area (Å²) in [7, 11) is 1.29. The van der Waals surface area contributed by atoms with Crippen LogP contribution in [-0.4, -0.2) is 69.5 Å². The van der Waals surface area contributed by atoms with Crippen molar-refractivity contribution in [2.24, 2.45) is 17.6 Å². The predicted octanol–water partition coefficient (Wildman–Crippen LogP) is 4.06. The van der Waals surface area contributed by atoms with E-state index in [9.17, 15) is 14.0 Å². The highest BCUT2D eigenvalue weighted by atomic mass is 35.5. The fraction of sp³-hybridized carbons (Fsp3) is 0.692. The number of nitrogens with zero attached hydrogens (tertiary/aromatic N) is 1. The molecular weight excluding hydrogens is 489 g/mol. The number of methoxy groups -OCH3 is 1. The Kier molecular flexibility index (Phi) is 11.7. The number of nitrogens with two attached hydrogens (primary N) is 1. The topological polar surface area (TPSA) is 103 Å². The van der Waals surface area contributed by atoms with E-state index < -0.39 is 18.0 Å². The second kappa shape index (κ2) is 14.7. The van der Waals surface area contributed by atoms with Gasteiger partial charge in [0.1, 0.15) is 5.82 Å². The summed E-state index contributed by atoms with van der Waals surface area (Å²) in [5.41, 5.74) is 6.95. The Bertz CT molecular complexity index is 835. The maximum atomic E-state index is 14.1. The molecule has 36 heavy (non-hydrogen) atoms. The smallest absolute Gasteiger partial charge is 0.406 e. The Morgan fingerprint density at radius 2 is 2.14 bits per heavy atom. The predicted molar refractivity (Wildman–Crippen MR) is 135 cm³/mol. The van der Waals surface area contributed by atoms with Gasteiger partial charge in [-0.15, -0.1) is 0 Å². The van der Waals surface area contributed by atoms with E-state index >= 15 is 0 Å². The molecule has 0 aromatic heterocycles. The van der Waals surface area contributed by atoms with Gasteiger partial charge in [-0.05, 0) is 68.2 Å². The molecule has 2 aliphatic heterocycles. The highest BCUT2D eigenvalue weighted by molar-refractivity contribution is 6.30. The number of nitrogens with one attached hydrogen (secondary N) is 1. The number of likely N-dealkylation sites (tertiary alicyclic amines) is 1. The summed E-state index contributed by atoms with van der Waals surface area (Å²) in [4.78, 5) is 26.2. The van der Waals surface area contributed by atoms with Gasteiger partial charge in [0, 0.05) is 56.3 Å². The van der Waals surface area contributed by atoms with Crippen molar-refractivity contribution in [1.29, 1.82) is 0 Å². The first kappa shape index (κ1) is 28.6. The van der Waals surface area contributed by atoms with Crippen molar-refractivity contribution < 1.29 is 28.2 Å². The zero-order chi connectivity index (χ0) is 25.9. The fourth-order valence-electron chi connectivity index (χ4n) is 5.14. The molecule has 0 saturated carbocycles. The lowest BCUT2D eigenvalue weighted by Crippen LogP contribution is -2.42. The summed E-state index contributed by atoms with van der Waals surface area (Å²) in [6, 6.07) is 4.34. The van der Waals surface area contributed by atoms with Gasteiger partial charge in [0.25, 0.3) is 0 Å². The van der Waals surface area contributed by atoms with Gasteiger partial charge in [0.2, 0.25) is 5.91 Å². The van der Waals surface area contributed by atoms with Crippen molar-refractivity contribution in [3.63, 3.8) is 0 Å². The Morgan fingerprint density at radius 3 is 2.86 bits per heavy atom. The molecule has 2 fully saturated rings. The van der Waals surface area contributed by atoms with Crippen LogP contribution in [0.15, 0.2) is 18.2 Å². The van der Waals surface area contributed by atoms with E-state index in [0.29, 0.717) is 37.4 Å². The number of hydrogen-bond acceptors (Lipinski definition) is 6. The zero-order valence-electron chi connectivity index (χ0n) is 21.1. The minimum absolute atomic E-state index is 0.0194. The summed E-state index contributed by atoms with van der Waals surface area (Å²) < 4.78 is 30.4. The number of rotatable bonds is 11. The lowest BCUT2D eigenvalue weighted by Gasteiger charge is -2.37. The molecule has 10 heteroatoms. The van der Waals surface area contributed by atoms with Gasteiger partial charge in [-0.2, -0.15) is 0 Å². The molecule has 0 unspecified atom stereocenters. The third-order valence-electron chi connectivity index (χ3n) is 6.93. The number of halogens is 2. The molecule has 3 N–H and O–H groups in total. The average molecular weight is 528 g/mol. The van der Waals surface area contributed by atoms with Crippen LogP contribution in [0.1, 0.15) is 56.6 Å². The monoisotopic (exact) mass is 527 g/mol. The molecule has 2 aliphatic rings. The number of carbonyl (C=O) groups is 2.